The summed E-state index contributed by atoms with van der Waals surface area (Å²) in [4.78, 5) is 11.6. The zero-order valence-electron chi connectivity index (χ0n) is 10.3. The average molecular weight is 228 g/mol. The van der Waals surface area contributed by atoms with E-state index in [1.165, 1.54) is 19.3 Å². The quantitative estimate of drug-likeness (QED) is 0.750. The molecule has 0 heterocycles. The van der Waals surface area contributed by atoms with Gasteiger partial charge in [0.25, 0.3) is 0 Å². The maximum atomic E-state index is 11.6. The molecule has 1 rings (SSSR count). The average Bonchev–Trinajstić information content (AvgIpc) is 2.20. The van der Waals surface area contributed by atoms with Crippen molar-refractivity contribution in [2.24, 2.45) is 5.92 Å². The van der Waals surface area contributed by atoms with Crippen LogP contribution in [0.2, 0.25) is 18.1 Å². The van der Waals surface area contributed by atoms with E-state index in [2.05, 4.69) is 20.0 Å². The van der Waals surface area contributed by atoms with Gasteiger partial charge in [-0.3, -0.25) is 4.79 Å². The topological polar surface area (TPSA) is 37.3 Å². The van der Waals surface area contributed by atoms with Crippen molar-refractivity contribution in [3.05, 3.63) is 0 Å². The summed E-state index contributed by atoms with van der Waals surface area (Å²) < 4.78 is 0. The Hall–Kier alpha value is -0.313. The highest BCUT2D eigenvalue weighted by Gasteiger charge is 2.47. The van der Waals surface area contributed by atoms with Crippen molar-refractivity contribution in [3.8, 4) is 0 Å². The van der Waals surface area contributed by atoms with E-state index in [1.54, 1.807) is 0 Å². The molecule has 0 saturated heterocycles. The van der Waals surface area contributed by atoms with Crippen LogP contribution in [0.5, 0.6) is 0 Å². The van der Waals surface area contributed by atoms with Crippen molar-refractivity contribution < 1.29 is 9.90 Å². The van der Waals surface area contributed by atoms with Crippen molar-refractivity contribution in [1.82, 2.24) is 0 Å². The normalized spacial score (nSPS) is 22.7. The van der Waals surface area contributed by atoms with Gasteiger partial charge in [0, 0.05) is 0 Å². The Morgan fingerprint density at radius 2 is 1.87 bits per heavy atom. The summed E-state index contributed by atoms with van der Waals surface area (Å²) in [5, 5.41) is 9.25. The van der Waals surface area contributed by atoms with Crippen molar-refractivity contribution >= 4 is 14.8 Å². The van der Waals surface area contributed by atoms with Gasteiger partial charge in [-0.15, -0.1) is 0 Å². The Morgan fingerprint density at radius 1 is 1.33 bits per heavy atom. The van der Waals surface area contributed by atoms with Crippen LogP contribution in [0.3, 0.4) is 0 Å². The standard InChI is InChI=1S/C12H24O2Si/c1-4-12(11(13)14,15(2)3)10-8-6-5-7-9-10/h10,15H,4-9H2,1-3H3,(H,13,14). The highest BCUT2D eigenvalue weighted by Crippen LogP contribution is 2.49. The molecule has 1 aliphatic carbocycles. The molecule has 0 aliphatic heterocycles. The lowest BCUT2D eigenvalue weighted by atomic mass is 9.78. The highest BCUT2D eigenvalue weighted by atomic mass is 28.3. The van der Waals surface area contributed by atoms with Gasteiger partial charge < -0.3 is 5.11 Å². The molecule has 2 nitrogen and oxygen atoms in total. The first kappa shape index (κ1) is 12.8. The molecule has 1 aliphatic rings. The van der Waals surface area contributed by atoms with Crippen LogP contribution in [0.15, 0.2) is 0 Å². The maximum absolute atomic E-state index is 11.6. The number of carbonyl (C=O) groups is 1. The lowest BCUT2D eigenvalue weighted by Gasteiger charge is -2.41. The molecule has 0 aromatic heterocycles. The van der Waals surface area contributed by atoms with Gasteiger partial charge in [0.1, 0.15) is 0 Å². The fraction of sp³-hybridized carbons (Fsp3) is 0.917. The third-order valence-corrected chi connectivity index (χ3v) is 7.53. The highest BCUT2D eigenvalue weighted by molar-refractivity contribution is 6.64. The number of aliphatic carboxylic acids is 1. The van der Waals surface area contributed by atoms with Crippen molar-refractivity contribution in [1.29, 1.82) is 0 Å². The summed E-state index contributed by atoms with van der Waals surface area (Å²) in [5.41, 5.74) is 0. The molecule has 0 bridgehead atoms. The number of hydrogen-bond acceptors (Lipinski definition) is 1. The zero-order chi connectivity index (χ0) is 11.5. The monoisotopic (exact) mass is 228 g/mol. The second-order valence-corrected chi connectivity index (χ2v) is 8.53. The first-order valence-corrected chi connectivity index (χ1v) is 9.17. The third kappa shape index (κ3) is 2.27. The smallest absolute Gasteiger partial charge is 0.306 e. The van der Waals surface area contributed by atoms with Crippen LogP contribution in [0.4, 0.5) is 0 Å². The van der Waals surface area contributed by atoms with E-state index in [1.807, 2.05) is 0 Å². The number of hydrogen-bond donors (Lipinski definition) is 1. The van der Waals surface area contributed by atoms with Gasteiger partial charge in [-0.05, 0) is 25.2 Å². The Bertz CT molecular complexity index is 222. The summed E-state index contributed by atoms with van der Waals surface area (Å²) in [7, 11) is -1.15. The molecule has 3 heteroatoms. The van der Waals surface area contributed by atoms with E-state index >= 15 is 0 Å². The van der Waals surface area contributed by atoms with E-state index in [-0.39, 0.29) is 5.04 Å². The van der Waals surface area contributed by atoms with E-state index in [4.69, 9.17) is 0 Å². The van der Waals surface area contributed by atoms with Crippen LogP contribution in [-0.4, -0.2) is 19.9 Å². The molecule has 1 atom stereocenters. The van der Waals surface area contributed by atoms with Gasteiger partial charge in [0.05, 0.1) is 13.8 Å². The Kier molecular flexibility index (Phi) is 4.38. The van der Waals surface area contributed by atoms with Gasteiger partial charge in [-0.2, -0.15) is 0 Å². The number of rotatable bonds is 4. The fourth-order valence-electron chi connectivity index (χ4n) is 3.36. The minimum Gasteiger partial charge on any atom is -0.481 e. The molecule has 0 amide bonds. The van der Waals surface area contributed by atoms with Gasteiger partial charge >= 0.3 is 5.97 Å². The maximum Gasteiger partial charge on any atom is 0.306 e. The Morgan fingerprint density at radius 3 is 2.20 bits per heavy atom. The summed E-state index contributed by atoms with van der Waals surface area (Å²) in [5.74, 6) is -0.0565. The summed E-state index contributed by atoms with van der Waals surface area (Å²) in [6.07, 6.45) is 6.89. The molecule has 1 saturated carbocycles. The zero-order valence-corrected chi connectivity index (χ0v) is 11.4. The van der Waals surface area contributed by atoms with Crippen LogP contribution in [0.25, 0.3) is 0 Å². The van der Waals surface area contributed by atoms with E-state index in [0.29, 0.717) is 5.92 Å². The number of carboxylic acids is 1. The van der Waals surface area contributed by atoms with Crippen LogP contribution in [0, 0.1) is 5.92 Å². The molecular formula is C12H24O2Si. The predicted molar refractivity (Wildman–Crippen MR) is 66.1 cm³/mol. The second kappa shape index (κ2) is 5.15. The van der Waals surface area contributed by atoms with Crippen molar-refractivity contribution in [2.45, 2.75) is 63.6 Å². The van der Waals surface area contributed by atoms with Crippen LogP contribution in [-0.2, 0) is 4.79 Å². The molecule has 1 N–H and O–H groups in total. The van der Waals surface area contributed by atoms with Crippen molar-refractivity contribution in [2.75, 3.05) is 0 Å². The largest absolute Gasteiger partial charge is 0.481 e. The van der Waals surface area contributed by atoms with Crippen LogP contribution < -0.4 is 0 Å². The van der Waals surface area contributed by atoms with Crippen LogP contribution >= 0.6 is 0 Å². The van der Waals surface area contributed by atoms with E-state index < -0.39 is 14.8 Å². The molecule has 0 spiro atoms. The van der Waals surface area contributed by atoms with Gasteiger partial charge in [-0.1, -0.05) is 39.3 Å². The van der Waals surface area contributed by atoms with E-state index in [9.17, 15) is 9.90 Å². The molecule has 88 valence electrons. The van der Waals surface area contributed by atoms with Gasteiger partial charge in [0.2, 0.25) is 0 Å². The minimum absolute atomic E-state index is 0.333. The number of carboxylic acid groups (broad SMARTS) is 1. The van der Waals surface area contributed by atoms with E-state index in [0.717, 1.165) is 19.3 Å². The van der Waals surface area contributed by atoms with Crippen molar-refractivity contribution in [3.63, 3.8) is 0 Å². The lowest BCUT2D eigenvalue weighted by molar-refractivity contribution is -0.143. The third-order valence-electron chi connectivity index (χ3n) is 4.35. The first-order chi connectivity index (χ1) is 7.05. The minimum atomic E-state index is -1.15. The Balaban J connectivity index is 2.91. The van der Waals surface area contributed by atoms with Gasteiger partial charge in [-0.25, -0.2) is 0 Å². The molecule has 0 radical (unpaired) electrons. The molecule has 0 aromatic rings. The summed E-state index contributed by atoms with van der Waals surface area (Å²) >= 11 is 0. The SMILES string of the molecule is CCC(C(=O)O)(C1CCCCC1)[SiH](C)C. The predicted octanol–water partition coefficient (Wildman–Crippen LogP) is 3.29. The fourth-order valence-corrected chi connectivity index (χ4v) is 5.95. The second-order valence-electron chi connectivity index (χ2n) is 5.19. The lowest BCUT2D eigenvalue weighted by Crippen LogP contribution is -2.42. The van der Waals surface area contributed by atoms with Crippen LogP contribution in [0.1, 0.15) is 45.4 Å². The molecule has 1 unspecified atom stereocenters. The Labute approximate surface area is 94.7 Å². The molecular weight excluding hydrogens is 204 g/mol. The van der Waals surface area contributed by atoms with Gasteiger partial charge in [0.15, 0.2) is 0 Å². The molecule has 15 heavy (non-hydrogen) atoms. The first-order valence-electron chi connectivity index (χ1n) is 6.29. The molecule has 0 aromatic carbocycles. The summed E-state index contributed by atoms with van der Waals surface area (Å²) in [6, 6.07) is 0. The summed E-state index contributed by atoms with van der Waals surface area (Å²) in [6.45, 7) is 6.47. The molecule has 1 fully saturated rings.